The molecule has 102 valence electrons. The van der Waals surface area contributed by atoms with Gasteiger partial charge in [-0.2, -0.15) is 0 Å². The van der Waals surface area contributed by atoms with Gasteiger partial charge in [0.1, 0.15) is 5.75 Å². The van der Waals surface area contributed by atoms with Crippen molar-refractivity contribution < 1.29 is 4.74 Å². The summed E-state index contributed by atoms with van der Waals surface area (Å²) in [5.41, 5.74) is 7.64. The van der Waals surface area contributed by atoms with Gasteiger partial charge in [0.05, 0.1) is 6.61 Å². The Bertz CT molecular complexity index is 364. The number of hydrogen-bond donors (Lipinski definition) is 2. The highest BCUT2D eigenvalue weighted by atomic mass is 16.5. The summed E-state index contributed by atoms with van der Waals surface area (Å²) in [7, 11) is 0. The van der Waals surface area contributed by atoms with Gasteiger partial charge in [0, 0.05) is 29.5 Å². The molecule has 0 fully saturated rings. The molecule has 3 heteroatoms. The molecular weight excluding hydrogens is 224 g/mol. The molecule has 3 nitrogen and oxygen atoms in total. The van der Waals surface area contributed by atoms with Gasteiger partial charge in [-0.15, -0.1) is 0 Å². The van der Waals surface area contributed by atoms with Crippen LogP contribution in [0.2, 0.25) is 0 Å². The summed E-state index contributed by atoms with van der Waals surface area (Å²) >= 11 is 0. The maximum Gasteiger partial charge on any atom is 0.123 e. The molecule has 0 aliphatic rings. The van der Waals surface area contributed by atoms with E-state index < -0.39 is 0 Å². The summed E-state index contributed by atoms with van der Waals surface area (Å²) in [6.45, 7) is 9.33. The average molecular weight is 250 g/mol. The zero-order chi connectivity index (χ0) is 13.5. The first-order valence-corrected chi connectivity index (χ1v) is 6.81. The topological polar surface area (TPSA) is 47.3 Å². The van der Waals surface area contributed by atoms with E-state index in [1.807, 2.05) is 25.1 Å². The van der Waals surface area contributed by atoms with Crippen LogP contribution in [0, 0.1) is 5.92 Å². The van der Waals surface area contributed by atoms with Crippen LogP contribution in [-0.4, -0.2) is 12.6 Å². The molecule has 1 unspecified atom stereocenters. The van der Waals surface area contributed by atoms with E-state index in [1.54, 1.807) is 0 Å². The average Bonchev–Trinajstić information content (AvgIpc) is 2.26. The molecule has 0 radical (unpaired) electrons. The van der Waals surface area contributed by atoms with Crippen molar-refractivity contribution in [1.82, 2.24) is 0 Å². The highest BCUT2D eigenvalue weighted by Crippen LogP contribution is 2.23. The Morgan fingerprint density at radius 1 is 1.17 bits per heavy atom. The Morgan fingerprint density at radius 2 is 1.89 bits per heavy atom. The first-order valence-electron chi connectivity index (χ1n) is 6.81. The van der Waals surface area contributed by atoms with Gasteiger partial charge in [-0.25, -0.2) is 0 Å². The quantitative estimate of drug-likeness (QED) is 0.721. The van der Waals surface area contributed by atoms with Crippen LogP contribution in [0.5, 0.6) is 5.75 Å². The van der Waals surface area contributed by atoms with Gasteiger partial charge in [0.2, 0.25) is 0 Å². The van der Waals surface area contributed by atoms with Crippen LogP contribution in [0.1, 0.15) is 40.5 Å². The van der Waals surface area contributed by atoms with Crippen LogP contribution in [0.25, 0.3) is 0 Å². The summed E-state index contributed by atoms with van der Waals surface area (Å²) < 4.78 is 5.49. The van der Waals surface area contributed by atoms with E-state index in [-0.39, 0.29) is 0 Å². The summed E-state index contributed by atoms with van der Waals surface area (Å²) in [6, 6.07) is 6.26. The second-order valence-corrected chi connectivity index (χ2v) is 5.24. The Labute approximate surface area is 111 Å². The van der Waals surface area contributed by atoms with Gasteiger partial charge in [0.25, 0.3) is 0 Å². The van der Waals surface area contributed by atoms with Gasteiger partial charge in [-0.1, -0.05) is 13.8 Å². The summed E-state index contributed by atoms with van der Waals surface area (Å²) in [5.74, 6) is 1.57. The number of nitrogens with one attached hydrogen (secondary N) is 1. The normalized spacial score (nSPS) is 12.5. The molecular formula is C15H26N2O. The van der Waals surface area contributed by atoms with E-state index in [9.17, 15) is 0 Å². The Morgan fingerprint density at radius 3 is 2.50 bits per heavy atom. The maximum atomic E-state index is 5.87. The van der Waals surface area contributed by atoms with Crippen molar-refractivity contribution in [1.29, 1.82) is 0 Å². The molecule has 0 saturated heterocycles. The number of hydrogen-bond acceptors (Lipinski definition) is 3. The van der Waals surface area contributed by atoms with Crippen molar-refractivity contribution in [2.75, 3.05) is 17.7 Å². The summed E-state index contributed by atoms with van der Waals surface area (Å²) in [4.78, 5) is 0. The Kier molecular flexibility index (Phi) is 5.83. The van der Waals surface area contributed by atoms with Crippen molar-refractivity contribution in [2.45, 2.75) is 46.6 Å². The number of ether oxygens (including phenoxy) is 1. The fourth-order valence-corrected chi connectivity index (χ4v) is 1.90. The first kappa shape index (κ1) is 14.7. The molecule has 3 N–H and O–H groups in total. The second kappa shape index (κ2) is 7.14. The molecule has 0 saturated carbocycles. The lowest BCUT2D eigenvalue weighted by atomic mass is 10.0. The van der Waals surface area contributed by atoms with E-state index in [1.165, 1.54) is 6.42 Å². The van der Waals surface area contributed by atoms with E-state index in [0.717, 1.165) is 29.5 Å². The predicted octanol–water partition coefficient (Wildman–Crippen LogP) is 3.90. The highest BCUT2D eigenvalue weighted by molar-refractivity contribution is 5.59. The Hall–Kier alpha value is -1.38. The minimum absolute atomic E-state index is 0.448. The Balaban J connectivity index is 2.60. The molecule has 0 aromatic heterocycles. The van der Waals surface area contributed by atoms with E-state index >= 15 is 0 Å². The van der Waals surface area contributed by atoms with E-state index in [0.29, 0.717) is 12.6 Å². The first-order chi connectivity index (χ1) is 8.51. The fourth-order valence-electron chi connectivity index (χ4n) is 1.90. The minimum atomic E-state index is 0.448. The van der Waals surface area contributed by atoms with Crippen LogP contribution in [0.4, 0.5) is 11.4 Å². The van der Waals surface area contributed by atoms with Crippen molar-refractivity contribution >= 4 is 11.4 Å². The summed E-state index contributed by atoms with van der Waals surface area (Å²) in [6.07, 6.45) is 2.39. The third kappa shape index (κ3) is 5.30. The van der Waals surface area contributed by atoms with E-state index in [4.69, 9.17) is 10.5 Å². The largest absolute Gasteiger partial charge is 0.494 e. The third-order valence-electron chi connectivity index (χ3n) is 2.83. The molecule has 0 heterocycles. The molecule has 1 atom stereocenters. The van der Waals surface area contributed by atoms with Crippen molar-refractivity contribution in [3.8, 4) is 5.75 Å². The van der Waals surface area contributed by atoms with E-state index in [2.05, 4.69) is 26.1 Å². The van der Waals surface area contributed by atoms with Gasteiger partial charge >= 0.3 is 0 Å². The van der Waals surface area contributed by atoms with Gasteiger partial charge in [-0.05, 0) is 38.7 Å². The lowest BCUT2D eigenvalue weighted by Gasteiger charge is -2.17. The number of nitrogens with two attached hydrogens (primary N) is 1. The lowest BCUT2D eigenvalue weighted by molar-refractivity contribution is 0.340. The number of benzene rings is 1. The molecule has 0 bridgehead atoms. The van der Waals surface area contributed by atoms with Gasteiger partial charge < -0.3 is 15.8 Å². The molecule has 1 aromatic carbocycles. The highest BCUT2D eigenvalue weighted by Gasteiger charge is 2.05. The smallest absolute Gasteiger partial charge is 0.123 e. The summed E-state index contributed by atoms with van der Waals surface area (Å²) in [5, 5.41) is 3.48. The predicted molar refractivity (Wildman–Crippen MR) is 79.2 cm³/mol. The van der Waals surface area contributed by atoms with Crippen molar-refractivity contribution in [2.24, 2.45) is 5.92 Å². The van der Waals surface area contributed by atoms with Crippen molar-refractivity contribution in [3.63, 3.8) is 0 Å². The van der Waals surface area contributed by atoms with Gasteiger partial charge in [-0.3, -0.25) is 0 Å². The number of rotatable bonds is 7. The molecule has 0 aliphatic carbocycles. The molecule has 0 aliphatic heterocycles. The lowest BCUT2D eigenvalue weighted by Crippen LogP contribution is -2.16. The third-order valence-corrected chi connectivity index (χ3v) is 2.83. The zero-order valence-electron chi connectivity index (χ0n) is 12.0. The molecule has 1 aromatic rings. The monoisotopic (exact) mass is 250 g/mol. The zero-order valence-corrected chi connectivity index (χ0v) is 12.0. The SMILES string of the molecule is CCOc1cc(N)cc(NC(C)CCC(C)C)c1. The standard InChI is InChI=1S/C15H26N2O/c1-5-18-15-9-13(16)8-14(10-15)17-12(4)7-6-11(2)3/h8-12,17H,5-7,16H2,1-4H3. The number of anilines is 2. The fraction of sp³-hybridized carbons (Fsp3) is 0.600. The van der Waals surface area contributed by atoms with Crippen LogP contribution in [0.3, 0.4) is 0 Å². The van der Waals surface area contributed by atoms with Crippen molar-refractivity contribution in [3.05, 3.63) is 18.2 Å². The molecule has 0 spiro atoms. The minimum Gasteiger partial charge on any atom is -0.494 e. The molecule has 18 heavy (non-hydrogen) atoms. The van der Waals surface area contributed by atoms with Crippen LogP contribution < -0.4 is 15.8 Å². The second-order valence-electron chi connectivity index (χ2n) is 5.24. The molecule has 0 amide bonds. The van der Waals surface area contributed by atoms with Crippen LogP contribution >= 0.6 is 0 Å². The number of nitrogen functional groups attached to an aromatic ring is 1. The van der Waals surface area contributed by atoms with Crippen LogP contribution in [0.15, 0.2) is 18.2 Å². The maximum absolute atomic E-state index is 5.87. The van der Waals surface area contributed by atoms with Gasteiger partial charge in [0.15, 0.2) is 0 Å². The van der Waals surface area contributed by atoms with Crippen LogP contribution in [-0.2, 0) is 0 Å². The molecule has 1 rings (SSSR count).